The summed E-state index contributed by atoms with van der Waals surface area (Å²) in [6.45, 7) is 1.64. The highest BCUT2D eigenvalue weighted by molar-refractivity contribution is 5.08. The van der Waals surface area contributed by atoms with E-state index in [4.69, 9.17) is 0 Å². The average Bonchev–Trinajstić information content (AvgIpc) is 2.66. The summed E-state index contributed by atoms with van der Waals surface area (Å²) in [4.78, 5) is 6.27. The number of rotatable bonds is 4. The number of hydrogen-bond acceptors (Lipinski definition) is 4. The van der Waals surface area contributed by atoms with Crippen molar-refractivity contribution < 1.29 is 0 Å². The predicted molar refractivity (Wildman–Crippen MR) is 60.4 cm³/mol. The first-order valence-electron chi connectivity index (χ1n) is 5.16. The average molecular weight is 217 g/mol. The molecule has 0 aliphatic carbocycles. The number of aryl methyl sites for hydroxylation is 1. The molecule has 0 fully saturated rings. The van der Waals surface area contributed by atoms with Crippen molar-refractivity contribution in [1.29, 1.82) is 0 Å². The summed E-state index contributed by atoms with van der Waals surface area (Å²) in [5, 5.41) is 7.91. The van der Waals surface area contributed by atoms with Crippen LogP contribution in [0.15, 0.2) is 30.9 Å². The molecule has 0 aromatic carbocycles. The molecule has 0 saturated carbocycles. The van der Waals surface area contributed by atoms with Gasteiger partial charge >= 0.3 is 0 Å². The van der Waals surface area contributed by atoms with Crippen LogP contribution in [0.2, 0.25) is 0 Å². The summed E-state index contributed by atoms with van der Waals surface area (Å²) in [6.07, 6.45) is 5.38. The van der Waals surface area contributed by atoms with E-state index in [1.54, 1.807) is 12.5 Å². The monoisotopic (exact) mass is 217 g/mol. The fourth-order valence-corrected chi connectivity index (χ4v) is 1.55. The highest BCUT2D eigenvalue weighted by atomic mass is 15.3. The van der Waals surface area contributed by atoms with Crippen molar-refractivity contribution in [2.24, 2.45) is 7.05 Å². The van der Waals surface area contributed by atoms with Gasteiger partial charge in [0.2, 0.25) is 0 Å². The van der Waals surface area contributed by atoms with Crippen molar-refractivity contribution in [3.63, 3.8) is 0 Å². The minimum Gasteiger partial charge on any atom is -0.320 e. The van der Waals surface area contributed by atoms with Gasteiger partial charge in [0, 0.05) is 26.0 Å². The van der Waals surface area contributed by atoms with Gasteiger partial charge in [0.1, 0.15) is 12.2 Å². The van der Waals surface area contributed by atoms with Gasteiger partial charge in [0.15, 0.2) is 0 Å². The molecule has 0 N–H and O–H groups in total. The van der Waals surface area contributed by atoms with Gasteiger partial charge in [-0.15, -0.1) is 10.2 Å². The molecule has 16 heavy (non-hydrogen) atoms. The molecule has 0 unspecified atom stereocenters. The Morgan fingerprint density at radius 3 is 2.88 bits per heavy atom. The zero-order chi connectivity index (χ0) is 11.4. The van der Waals surface area contributed by atoms with E-state index in [1.165, 1.54) is 5.56 Å². The van der Waals surface area contributed by atoms with Gasteiger partial charge in [-0.3, -0.25) is 9.88 Å². The van der Waals surface area contributed by atoms with Crippen molar-refractivity contribution in [2.75, 3.05) is 7.05 Å². The van der Waals surface area contributed by atoms with E-state index in [1.807, 2.05) is 23.9 Å². The summed E-state index contributed by atoms with van der Waals surface area (Å²) in [5.41, 5.74) is 1.20. The summed E-state index contributed by atoms with van der Waals surface area (Å²) in [6, 6.07) is 4.02. The first-order chi connectivity index (χ1) is 7.75. The molecule has 0 bridgehead atoms. The highest BCUT2D eigenvalue weighted by Gasteiger charge is 2.05. The largest absolute Gasteiger partial charge is 0.320 e. The van der Waals surface area contributed by atoms with Gasteiger partial charge in [-0.05, 0) is 18.7 Å². The molecule has 2 aromatic rings. The summed E-state index contributed by atoms with van der Waals surface area (Å²) in [5.74, 6) is 0.964. The minimum absolute atomic E-state index is 0.783. The minimum atomic E-state index is 0.783. The summed E-state index contributed by atoms with van der Waals surface area (Å²) < 4.78 is 1.93. The Balaban J connectivity index is 1.95. The second-order valence-corrected chi connectivity index (χ2v) is 3.89. The quantitative estimate of drug-likeness (QED) is 0.761. The van der Waals surface area contributed by atoms with Crippen molar-refractivity contribution in [2.45, 2.75) is 13.1 Å². The van der Waals surface area contributed by atoms with E-state index < -0.39 is 0 Å². The van der Waals surface area contributed by atoms with Crippen molar-refractivity contribution >= 4 is 0 Å². The van der Waals surface area contributed by atoms with Crippen LogP contribution in [-0.2, 0) is 20.1 Å². The standard InChI is InChI=1S/C11H15N5/c1-15(7-10-4-3-5-12-6-10)8-11-14-13-9-16(11)2/h3-6,9H,7-8H2,1-2H3. The van der Waals surface area contributed by atoms with Gasteiger partial charge in [-0.1, -0.05) is 6.07 Å². The van der Waals surface area contributed by atoms with E-state index in [0.717, 1.165) is 18.9 Å². The third-order valence-electron chi connectivity index (χ3n) is 2.39. The Bertz CT molecular complexity index is 437. The molecule has 2 rings (SSSR count). The third-order valence-corrected chi connectivity index (χ3v) is 2.39. The predicted octanol–water partition coefficient (Wildman–Crippen LogP) is 0.842. The van der Waals surface area contributed by atoms with Crippen LogP contribution in [0.1, 0.15) is 11.4 Å². The maximum Gasteiger partial charge on any atom is 0.146 e. The second kappa shape index (κ2) is 4.85. The van der Waals surface area contributed by atoms with Gasteiger partial charge < -0.3 is 4.57 Å². The van der Waals surface area contributed by atoms with Crippen LogP contribution in [0, 0.1) is 0 Å². The number of pyridine rings is 1. The van der Waals surface area contributed by atoms with E-state index in [0.29, 0.717) is 0 Å². The Kier molecular flexibility index (Phi) is 3.26. The zero-order valence-corrected chi connectivity index (χ0v) is 9.54. The van der Waals surface area contributed by atoms with Crippen LogP contribution in [0.4, 0.5) is 0 Å². The Labute approximate surface area is 94.8 Å². The van der Waals surface area contributed by atoms with E-state index in [-0.39, 0.29) is 0 Å². The van der Waals surface area contributed by atoms with Crippen LogP contribution < -0.4 is 0 Å². The van der Waals surface area contributed by atoms with Crippen molar-refractivity contribution in [3.8, 4) is 0 Å². The Morgan fingerprint density at radius 1 is 1.38 bits per heavy atom. The van der Waals surface area contributed by atoms with Gasteiger partial charge in [0.05, 0.1) is 6.54 Å². The van der Waals surface area contributed by atoms with Gasteiger partial charge in [-0.2, -0.15) is 0 Å². The first-order valence-corrected chi connectivity index (χ1v) is 5.16. The lowest BCUT2D eigenvalue weighted by Gasteiger charge is -2.15. The molecule has 0 atom stereocenters. The molecule has 5 heteroatoms. The Morgan fingerprint density at radius 2 is 2.25 bits per heavy atom. The molecule has 0 saturated heterocycles. The van der Waals surface area contributed by atoms with Gasteiger partial charge in [-0.25, -0.2) is 0 Å². The SMILES string of the molecule is CN(Cc1cccnc1)Cc1nncn1C. The molecule has 2 heterocycles. The molecule has 0 aliphatic heterocycles. The van der Waals surface area contributed by atoms with Gasteiger partial charge in [0.25, 0.3) is 0 Å². The highest BCUT2D eigenvalue weighted by Crippen LogP contribution is 2.04. The maximum absolute atomic E-state index is 4.09. The second-order valence-electron chi connectivity index (χ2n) is 3.89. The van der Waals surface area contributed by atoms with Crippen LogP contribution in [0.25, 0.3) is 0 Å². The fourth-order valence-electron chi connectivity index (χ4n) is 1.55. The summed E-state index contributed by atoms with van der Waals surface area (Å²) in [7, 11) is 4.01. The molecule has 0 radical (unpaired) electrons. The normalized spacial score (nSPS) is 10.9. The van der Waals surface area contributed by atoms with E-state index in [2.05, 4.69) is 33.2 Å². The molecule has 5 nitrogen and oxygen atoms in total. The van der Waals surface area contributed by atoms with Crippen molar-refractivity contribution in [3.05, 3.63) is 42.2 Å². The zero-order valence-electron chi connectivity index (χ0n) is 9.54. The molecule has 0 spiro atoms. The first kappa shape index (κ1) is 10.8. The number of aromatic nitrogens is 4. The van der Waals surface area contributed by atoms with Crippen LogP contribution in [0.5, 0.6) is 0 Å². The molecule has 0 aliphatic rings. The van der Waals surface area contributed by atoms with E-state index >= 15 is 0 Å². The lowest BCUT2D eigenvalue weighted by Crippen LogP contribution is -2.19. The Hall–Kier alpha value is -1.75. The molecule has 0 amide bonds. The third kappa shape index (κ3) is 2.64. The number of hydrogen-bond donors (Lipinski definition) is 0. The van der Waals surface area contributed by atoms with Crippen LogP contribution in [0.3, 0.4) is 0 Å². The number of nitrogens with zero attached hydrogens (tertiary/aromatic N) is 5. The smallest absolute Gasteiger partial charge is 0.146 e. The molecular weight excluding hydrogens is 202 g/mol. The maximum atomic E-state index is 4.09. The van der Waals surface area contributed by atoms with Crippen molar-refractivity contribution in [1.82, 2.24) is 24.6 Å². The lowest BCUT2D eigenvalue weighted by atomic mass is 10.3. The molecular formula is C11H15N5. The van der Waals surface area contributed by atoms with Crippen LogP contribution in [-0.4, -0.2) is 31.7 Å². The summed E-state index contributed by atoms with van der Waals surface area (Å²) >= 11 is 0. The lowest BCUT2D eigenvalue weighted by molar-refractivity contribution is 0.306. The fraction of sp³-hybridized carbons (Fsp3) is 0.364. The molecule has 84 valence electrons. The molecule has 2 aromatic heterocycles. The van der Waals surface area contributed by atoms with Crippen LogP contribution >= 0.6 is 0 Å². The van der Waals surface area contributed by atoms with E-state index in [9.17, 15) is 0 Å². The topological polar surface area (TPSA) is 46.8 Å².